The van der Waals surface area contributed by atoms with Crippen LogP contribution in [0, 0.1) is 17.1 Å². The van der Waals surface area contributed by atoms with Crippen LogP contribution in [-0.4, -0.2) is 0 Å². The molecule has 0 N–H and O–H groups in total. The summed E-state index contributed by atoms with van der Waals surface area (Å²) in [5, 5.41) is 8.58. The van der Waals surface area contributed by atoms with Crippen molar-refractivity contribution in [3.8, 4) is 6.07 Å². The summed E-state index contributed by atoms with van der Waals surface area (Å²) in [6.07, 6.45) is 2.12. The van der Waals surface area contributed by atoms with Gasteiger partial charge in [-0.1, -0.05) is 0 Å². The highest BCUT2D eigenvalue weighted by Crippen LogP contribution is 2.41. The first-order valence-electron chi connectivity index (χ1n) is 4.01. The van der Waals surface area contributed by atoms with Gasteiger partial charge in [-0.15, -0.1) is 0 Å². The zero-order valence-corrected chi connectivity index (χ0v) is 6.55. The van der Waals surface area contributed by atoms with Crippen molar-refractivity contribution in [1.29, 1.82) is 5.26 Å². The summed E-state index contributed by atoms with van der Waals surface area (Å²) in [4.78, 5) is 0. The molecule has 0 aliphatic heterocycles. The van der Waals surface area contributed by atoms with Crippen molar-refractivity contribution in [2.45, 2.75) is 18.8 Å². The van der Waals surface area contributed by atoms with Crippen LogP contribution in [0.1, 0.15) is 29.9 Å². The van der Waals surface area contributed by atoms with Crippen molar-refractivity contribution in [2.75, 3.05) is 0 Å². The summed E-state index contributed by atoms with van der Waals surface area (Å²) < 4.78 is 13.1. The van der Waals surface area contributed by atoms with E-state index in [1.54, 1.807) is 6.07 Å². The van der Waals surface area contributed by atoms with E-state index in [1.165, 1.54) is 12.1 Å². The third-order valence-electron chi connectivity index (χ3n) is 2.14. The Labute approximate surface area is 70.4 Å². The predicted molar refractivity (Wildman–Crippen MR) is 43.1 cm³/mol. The smallest absolute Gasteiger partial charge is 0.126 e. The van der Waals surface area contributed by atoms with Crippen molar-refractivity contribution in [3.63, 3.8) is 0 Å². The third-order valence-corrected chi connectivity index (χ3v) is 2.14. The maximum atomic E-state index is 13.1. The molecule has 0 unspecified atom stereocenters. The Morgan fingerprint density at radius 3 is 2.75 bits per heavy atom. The van der Waals surface area contributed by atoms with E-state index in [0.717, 1.165) is 12.8 Å². The fourth-order valence-electron chi connectivity index (χ4n) is 1.32. The molecule has 0 amide bonds. The van der Waals surface area contributed by atoms with E-state index in [4.69, 9.17) is 5.26 Å². The van der Waals surface area contributed by atoms with Gasteiger partial charge in [0.15, 0.2) is 0 Å². The number of halogens is 1. The minimum absolute atomic E-state index is 0.170. The maximum Gasteiger partial charge on any atom is 0.126 e. The van der Waals surface area contributed by atoms with E-state index < -0.39 is 0 Å². The molecule has 0 bridgehead atoms. The van der Waals surface area contributed by atoms with Gasteiger partial charge in [0.25, 0.3) is 0 Å². The van der Waals surface area contributed by atoms with Gasteiger partial charge in [0, 0.05) is 0 Å². The molecule has 1 nitrogen and oxygen atoms in total. The molecule has 1 saturated carbocycles. The first-order chi connectivity index (χ1) is 5.81. The lowest BCUT2D eigenvalue weighted by molar-refractivity contribution is 0.610. The molecule has 0 radical (unpaired) electrons. The molecule has 2 heteroatoms. The Morgan fingerprint density at radius 1 is 1.42 bits per heavy atom. The number of rotatable bonds is 1. The summed E-state index contributed by atoms with van der Waals surface area (Å²) in [6, 6.07) is 6.57. The number of hydrogen-bond donors (Lipinski definition) is 0. The molecule has 1 fully saturated rings. The molecule has 0 aromatic heterocycles. The fraction of sp³-hybridized carbons (Fsp3) is 0.300. The molecule has 0 heterocycles. The summed E-state index contributed by atoms with van der Waals surface area (Å²) in [5.41, 5.74) is 1.27. The third kappa shape index (κ3) is 1.18. The van der Waals surface area contributed by atoms with Crippen LogP contribution in [0.5, 0.6) is 0 Å². The SMILES string of the molecule is N#Cc1ccc(F)c(C2CC2)c1. The van der Waals surface area contributed by atoms with Gasteiger partial charge in [-0.3, -0.25) is 0 Å². The van der Waals surface area contributed by atoms with E-state index in [9.17, 15) is 4.39 Å². The largest absolute Gasteiger partial charge is 0.207 e. The zero-order chi connectivity index (χ0) is 8.55. The van der Waals surface area contributed by atoms with E-state index >= 15 is 0 Å². The minimum Gasteiger partial charge on any atom is -0.207 e. The van der Waals surface area contributed by atoms with Gasteiger partial charge >= 0.3 is 0 Å². The van der Waals surface area contributed by atoms with Crippen LogP contribution < -0.4 is 0 Å². The Morgan fingerprint density at radius 2 is 2.17 bits per heavy atom. The van der Waals surface area contributed by atoms with E-state index in [-0.39, 0.29) is 5.82 Å². The normalized spacial score (nSPS) is 15.7. The minimum atomic E-state index is -0.170. The van der Waals surface area contributed by atoms with Crippen molar-refractivity contribution in [3.05, 3.63) is 35.1 Å². The van der Waals surface area contributed by atoms with Crippen LogP contribution >= 0.6 is 0 Å². The fourth-order valence-corrected chi connectivity index (χ4v) is 1.32. The number of nitrogens with zero attached hydrogens (tertiary/aromatic N) is 1. The molecular weight excluding hydrogens is 153 g/mol. The van der Waals surface area contributed by atoms with Crippen LogP contribution in [0.3, 0.4) is 0 Å². The first-order valence-corrected chi connectivity index (χ1v) is 4.01. The van der Waals surface area contributed by atoms with Crippen LogP contribution in [0.15, 0.2) is 18.2 Å². The molecule has 12 heavy (non-hydrogen) atoms. The van der Waals surface area contributed by atoms with Gasteiger partial charge in [-0.05, 0) is 42.5 Å². The van der Waals surface area contributed by atoms with Crippen LogP contribution in [0.25, 0.3) is 0 Å². The molecule has 0 atom stereocenters. The maximum absolute atomic E-state index is 13.1. The highest BCUT2D eigenvalue weighted by atomic mass is 19.1. The van der Waals surface area contributed by atoms with Gasteiger partial charge in [-0.2, -0.15) is 5.26 Å². The predicted octanol–water partition coefficient (Wildman–Crippen LogP) is 2.57. The van der Waals surface area contributed by atoms with Gasteiger partial charge < -0.3 is 0 Å². The zero-order valence-electron chi connectivity index (χ0n) is 6.55. The second kappa shape index (κ2) is 2.60. The average Bonchev–Trinajstić information content (AvgIpc) is 2.88. The molecule has 1 aromatic carbocycles. The number of hydrogen-bond acceptors (Lipinski definition) is 1. The lowest BCUT2D eigenvalue weighted by Crippen LogP contribution is -1.87. The van der Waals surface area contributed by atoms with Gasteiger partial charge in [0.05, 0.1) is 11.6 Å². The molecule has 2 rings (SSSR count). The quantitative estimate of drug-likeness (QED) is 0.621. The van der Waals surface area contributed by atoms with Gasteiger partial charge in [-0.25, -0.2) is 4.39 Å². The molecule has 1 aliphatic carbocycles. The Hall–Kier alpha value is -1.36. The molecule has 1 aromatic rings. The standard InChI is InChI=1S/C10H8FN/c11-10-4-1-7(6-12)5-9(10)8-2-3-8/h1,4-5,8H,2-3H2. The van der Waals surface area contributed by atoms with E-state index in [2.05, 4.69) is 0 Å². The van der Waals surface area contributed by atoms with Crippen molar-refractivity contribution in [2.24, 2.45) is 0 Å². The van der Waals surface area contributed by atoms with Crippen LogP contribution in [-0.2, 0) is 0 Å². The van der Waals surface area contributed by atoms with E-state index in [1.807, 2.05) is 6.07 Å². The summed E-state index contributed by atoms with van der Waals surface area (Å²) in [5.74, 6) is 0.204. The first kappa shape index (κ1) is 7.30. The molecule has 1 aliphatic rings. The average molecular weight is 161 g/mol. The summed E-state index contributed by atoms with van der Waals surface area (Å²) >= 11 is 0. The van der Waals surface area contributed by atoms with Crippen molar-refractivity contribution in [1.82, 2.24) is 0 Å². The van der Waals surface area contributed by atoms with Crippen molar-refractivity contribution >= 4 is 0 Å². The Balaban J connectivity index is 2.44. The van der Waals surface area contributed by atoms with Gasteiger partial charge in [0.2, 0.25) is 0 Å². The highest BCUT2D eigenvalue weighted by Gasteiger charge is 2.26. The Kier molecular flexibility index (Phi) is 1.58. The van der Waals surface area contributed by atoms with Crippen LogP contribution in [0.4, 0.5) is 4.39 Å². The summed E-state index contributed by atoms with van der Waals surface area (Å²) in [6.45, 7) is 0. The Bertz CT molecular complexity index is 347. The molecule has 0 spiro atoms. The van der Waals surface area contributed by atoms with Gasteiger partial charge in [0.1, 0.15) is 5.82 Å². The van der Waals surface area contributed by atoms with Crippen molar-refractivity contribution < 1.29 is 4.39 Å². The number of nitriles is 1. The lowest BCUT2D eigenvalue weighted by Gasteiger charge is -1.99. The highest BCUT2D eigenvalue weighted by molar-refractivity contribution is 5.36. The monoisotopic (exact) mass is 161 g/mol. The molecule has 0 saturated heterocycles. The topological polar surface area (TPSA) is 23.8 Å². The summed E-state index contributed by atoms with van der Waals surface area (Å²) in [7, 11) is 0. The lowest BCUT2D eigenvalue weighted by atomic mass is 10.1. The second-order valence-corrected chi connectivity index (χ2v) is 3.12. The van der Waals surface area contributed by atoms with E-state index in [0.29, 0.717) is 17.0 Å². The van der Waals surface area contributed by atoms with Crippen LogP contribution in [0.2, 0.25) is 0 Å². The molecular formula is C10H8FN. The molecule has 60 valence electrons. The number of benzene rings is 1. The second-order valence-electron chi connectivity index (χ2n) is 3.12.